The number of carboxylic acids is 2. The second kappa shape index (κ2) is 9.24. The molecule has 0 fully saturated rings. The number of hydrogen-bond donors (Lipinski definition) is 3. The quantitative estimate of drug-likeness (QED) is 0.720. The summed E-state index contributed by atoms with van der Waals surface area (Å²) in [6, 6.07) is 15.7. The number of benzene rings is 2. The normalized spacial score (nSPS) is 14.6. The number of hydrogen-bond acceptors (Lipinski definition) is 5. The molecule has 136 valence electrons. The van der Waals surface area contributed by atoms with Gasteiger partial charge in [-0.3, -0.25) is 0 Å². The van der Waals surface area contributed by atoms with Gasteiger partial charge >= 0.3 is 11.9 Å². The number of carboxylic acid groups (broad SMARTS) is 2. The minimum absolute atomic E-state index is 0.0464. The van der Waals surface area contributed by atoms with Crippen molar-refractivity contribution in [2.45, 2.75) is 12.5 Å². The second-order valence-electron chi connectivity index (χ2n) is 5.28. The molecule has 0 aliphatic carbocycles. The summed E-state index contributed by atoms with van der Waals surface area (Å²) >= 11 is 0. The molecule has 0 spiro atoms. The van der Waals surface area contributed by atoms with Crippen LogP contribution in [0, 0.1) is 0 Å². The van der Waals surface area contributed by atoms with Gasteiger partial charge < -0.3 is 25.4 Å². The van der Waals surface area contributed by atoms with Crippen LogP contribution in [0.4, 0.5) is 0 Å². The molecule has 0 saturated carbocycles. The highest BCUT2D eigenvalue weighted by atomic mass is 16.5. The van der Waals surface area contributed by atoms with E-state index in [0.717, 1.165) is 29.2 Å². The van der Waals surface area contributed by atoms with Crippen molar-refractivity contribution in [2.24, 2.45) is 5.73 Å². The summed E-state index contributed by atoms with van der Waals surface area (Å²) in [4.78, 5) is 19.1. The monoisotopic (exact) mass is 357 g/mol. The van der Waals surface area contributed by atoms with Gasteiger partial charge in [-0.15, -0.1) is 0 Å². The van der Waals surface area contributed by atoms with E-state index < -0.39 is 11.9 Å². The molecule has 7 heteroatoms. The summed E-state index contributed by atoms with van der Waals surface area (Å²) in [6.07, 6.45) is 1.84. The van der Waals surface area contributed by atoms with Crippen molar-refractivity contribution in [1.29, 1.82) is 0 Å². The predicted octanol–water partition coefficient (Wildman–Crippen LogP) is 2.97. The van der Waals surface area contributed by atoms with Gasteiger partial charge in [0, 0.05) is 24.1 Å². The van der Waals surface area contributed by atoms with Crippen molar-refractivity contribution in [3.63, 3.8) is 0 Å². The van der Waals surface area contributed by atoms with Crippen LogP contribution in [0.1, 0.15) is 18.1 Å². The van der Waals surface area contributed by atoms with E-state index in [2.05, 4.69) is 0 Å². The maximum Gasteiger partial charge on any atom is 0.328 e. The Kier molecular flexibility index (Phi) is 6.75. The van der Waals surface area contributed by atoms with Crippen LogP contribution in [0.3, 0.4) is 0 Å². The molecule has 0 bridgehead atoms. The molecule has 1 aliphatic rings. The summed E-state index contributed by atoms with van der Waals surface area (Å²) in [7, 11) is 0. The molecule has 0 radical (unpaired) electrons. The first-order chi connectivity index (χ1) is 12.5. The average molecular weight is 357 g/mol. The van der Waals surface area contributed by atoms with Crippen LogP contribution in [0.2, 0.25) is 0 Å². The molecular formula is C19H19NO6. The molecule has 2 aromatic rings. The zero-order chi connectivity index (χ0) is 18.9. The molecule has 0 saturated heterocycles. The molecule has 1 heterocycles. The lowest BCUT2D eigenvalue weighted by Gasteiger charge is -2.16. The van der Waals surface area contributed by atoms with Crippen LogP contribution in [-0.2, 0) is 9.59 Å². The summed E-state index contributed by atoms with van der Waals surface area (Å²) in [5.74, 6) is -0.141. The molecule has 4 N–H and O–H groups in total. The highest BCUT2D eigenvalue weighted by Crippen LogP contribution is 2.42. The van der Waals surface area contributed by atoms with Crippen molar-refractivity contribution in [2.75, 3.05) is 6.54 Å². The largest absolute Gasteiger partial charge is 0.482 e. The van der Waals surface area contributed by atoms with Crippen LogP contribution in [0.25, 0.3) is 0 Å². The molecule has 1 atom stereocenters. The van der Waals surface area contributed by atoms with E-state index in [1.165, 1.54) is 0 Å². The smallest absolute Gasteiger partial charge is 0.328 e. The van der Waals surface area contributed by atoms with E-state index in [1.54, 1.807) is 0 Å². The Hall–Kier alpha value is -3.32. The first-order valence-electron chi connectivity index (χ1n) is 7.87. The first kappa shape index (κ1) is 19.0. The number of para-hydroxylation sites is 3. The number of aliphatic carboxylic acids is 2. The Morgan fingerprint density at radius 2 is 1.46 bits per heavy atom. The van der Waals surface area contributed by atoms with Crippen LogP contribution in [0.5, 0.6) is 17.2 Å². The Morgan fingerprint density at radius 1 is 0.923 bits per heavy atom. The maximum atomic E-state index is 9.55. The molecule has 3 rings (SSSR count). The fourth-order valence-electron chi connectivity index (χ4n) is 2.31. The molecule has 26 heavy (non-hydrogen) atoms. The van der Waals surface area contributed by atoms with Gasteiger partial charge in [0.1, 0.15) is 11.9 Å². The highest BCUT2D eigenvalue weighted by molar-refractivity contribution is 5.89. The number of carbonyl (C=O) groups is 2. The lowest BCUT2D eigenvalue weighted by Crippen LogP contribution is -2.12. The number of fused-ring (bicyclic) bond motifs is 2. The van der Waals surface area contributed by atoms with E-state index in [0.29, 0.717) is 18.7 Å². The minimum Gasteiger partial charge on any atom is -0.482 e. The number of nitrogens with two attached hydrogens (primary N) is 1. The number of ether oxygens (including phenoxy) is 2. The van der Waals surface area contributed by atoms with Gasteiger partial charge in [0.2, 0.25) is 0 Å². The van der Waals surface area contributed by atoms with Gasteiger partial charge in [0.15, 0.2) is 11.5 Å². The fraction of sp³-hybridized carbons (Fsp3) is 0.158. The van der Waals surface area contributed by atoms with Crippen LogP contribution >= 0.6 is 0 Å². The Labute approximate surface area is 150 Å². The number of rotatable bonds is 4. The third-order valence-corrected chi connectivity index (χ3v) is 3.40. The summed E-state index contributed by atoms with van der Waals surface area (Å²) in [5.41, 5.74) is 6.72. The molecule has 0 aromatic heterocycles. The summed E-state index contributed by atoms with van der Waals surface area (Å²) in [5, 5.41) is 15.6. The van der Waals surface area contributed by atoms with Crippen molar-refractivity contribution in [3.05, 3.63) is 66.2 Å². The first-order valence-corrected chi connectivity index (χ1v) is 7.87. The zero-order valence-corrected chi connectivity index (χ0v) is 13.9. The topological polar surface area (TPSA) is 119 Å². The van der Waals surface area contributed by atoms with E-state index in [1.807, 2.05) is 48.5 Å². The van der Waals surface area contributed by atoms with Gasteiger partial charge in [0.25, 0.3) is 0 Å². The van der Waals surface area contributed by atoms with E-state index >= 15 is 0 Å². The third-order valence-electron chi connectivity index (χ3n) is 3.40. The summed E-state index contributed by atoms with van der Waals surface area (Å²) < 4.78 is 11.9. The van der Waals surface area contributed by atoms with Crippen molar-refractivity contribution >= 4 is 11.9 Å². The lowest BCUT2D eigenvalue weighted by atomic mass is 10.1. The van der Waals surface area contributed by atoms with Gasteiger partial charge in [0.05, 0.1) is 0 Å². The zero-order valence-electron chi connectivity index (χ0n) is 13.9. The van der Waals surface area contributed by atoms with Gasteiger partial charge in [-0.2, -0.15) is 0 Å². The van der Waals surface area contributed by atoms with Crippen molar-refractivity contribution in [3.8, 4) is 17.2 Å². The molecule has 1 unspecified atom stereocenters. The summed E-state index contributed by atoms with van der Waals surface area (Å²) in [6.45, 7) is 0.584. The van der Waals surface area contributed by atoms with E-state index in [-0.39, 0.29) is 6.10 Å². The van der Waals surface area contributed by atoms with Gasteiger partial charge in [-0.25, -0.2) is 9.59 Å². The van der Waals surface area contributed by atoms with Crippen molar-refractivity contribution < 1.29 is 29.3 Å². The average Bonchev–Trinajstić information content (AvgIpc) is 2.77. The predicted molar refractivity (Wildman–Crippen MR) is 94.4 cm³/mol. The van der Waals surface area contributed by atoms with Crippen LogP contribution in [-0.4, -0.2) is 28.7 Å². The maximum absolute atomic E-state index is 9.55. The third kappa shape index (κ3) is 5.35. The van der Waals surface area contributed by atoms with Crippen molar-refractivity contribution in [1.82, 2.24) is 0 Å². The molecule has 0 amide bonds. The molecule has 7 nitrogen and oxygen atoms in total. The Morgan fingerprint density at radius 3 is 2.04 bits per heavy atom. The molecule has 1 aliphatic heterocycles. The highest BCUT2D eigenvalue weighted by Gasteiger charge is 2.23. The van der Waals surface area contributed by atoms with E-state index in [9.17, 15) is 9.59 Å². The second-order valence-corrected chi connectivity index (χ2v) is 5.28. The molecule has 2 aromatic carbocycles. The lowest BCUT2D eigenvalue weighted by molar-refractivity contribution is -0.134. The SMILES string of the molecule is NCCC1Oc2ccccc2Oc2ccccc21.O=C(O)/C=C/C(=O)O. The fourth-order valence-corrected chi connectivity index (χ4v) is 2.31. The minimum atomic E-state index is -1.26. The Balaban J connectivity index is 0.000000260. The van der Waals surface area contributed by atoms with Gasteiger partial charge in [-0.05, 0) is 24.7 Å². The standard InChI is InChI=1S/C15H15NO2.C4H4O4/c16-10-9-13-11-5-1-2-6-12(11)17-14-7-3-4-8-15(14)18-13;5-3(6)1-2-4(7)8/h1-8,13H,9-10,16H2;1-2H,(H,5,6)(H,7,8)/b;2-1+. The molecular weight excluding hydrogens is 338 g/mol. The van der Waals surface area contributed by atoms with Crippen LogP contribution in [0.15, 0.2) is 60.7 Å². The van der Waals surface area contributed by atoms with Crippen LogP contribution < -0.4 is 15.2 Å². The van der Waals surface area contributed by atoms with E-state index in [4.69, 9.17) is 25.4 Å². The Bertz CT molecular complexity index is 786. The van der Waals surface area contributed by atoms with Gasteiger partial charge in [-0.1, -0.05) is 30.3 Å².